The summed E-state index contributed by atoms with van der Waals surface area (Å²) >= 11 is 6.63. The van der Waals surface area contributed by atoms with Crippen LogP contribution in [0, 0.1) is 0 Å². The first-order chi connectivity index (χ1) is 6.95. The van der Waals surface area contributed by atoms with Crippen molar-refractivity contribution in [2.75, 3.05) is 0 Å². The molecular weight excluding hydrogens is 252 g/mol. The van der Waals surface area contributed by atoms with Crippen molar-refractivity contribution >= 4 is 46.6 Å². The van der Waals surface area contributed by atoms with Crippen LogP contribution in [0.3, 0.4) is 0 Å². The van der Waals surface area contributed by atoms with Crippen LogP contribution < -0.4 is 9.66 Å². The maximum absolute atomic E-state index is 3.07. The summed E-state index contributed by atoms with van der Waals surface area (Å²) < 4.78 is 2.51. The number of thiophene rings is 2. The number of hydrazine groups is 1. The molecule has 0 aliphatic heterocycles. The lowest BCUT2D eigenvalue weighted by molar-refractivity contribution is 1.00. The van der Waals surface area contributed by atoms with E-state index in [4.69, 9.17) is 0 Å². The molecule has 0 amide bonds. The normalized spacial score (nSPS) is 10.6. The second-order valence-corrected chi connectivity index (χ2v) is 6.38. The van der Waals surface area contributed by atoms with Crippen LogP contribution in [0.5, 0.6) is 0 Å². The van der Waals surface area contributed by atoms with Gasteiger partial charge in [0.1, 0.15) is 0 Å². The van der Waals surface area contributed by atoms with E-state index in [1.165, 1.54) is 8.42 Å². The molecule has 0 aliphatic carbocycles. The molecule has 2 aromatic rings. The fraction of sp³-hybridized carbons (Fsp3) is 0. The van der Waals surface area contributed by atoms with Crippen LogP contribution in [0.4, 0.5) is 0 Å². The smallest absolute Gasteiger partial charge is 0.0763 e. The van der Waals surface area contributed by atoms with Crippen molar-refractivity contribution < 1.29 is 0 Å². The van der Waals surface area contributed by atoms with Crippen LogP contribution in [0.1, 0.15) is 0 Å². The van der Waals surface area contributed by atoms with Crippen molar-refractivity contribution in [3.05, 3.63) is 35.0 Å². The standard InChI is InChI=1S/C8H8N2S4/c1-3-7(11-5-1)13-9-10-14-8-4-2-6-12-8/h1-6,9-10H. The molecule has 0 bridgehead atoms. The maximum Gasteiger partial charge on any atom is 0.0763 e. The van der Waals surface area contributed by atoms with Crippen LogP contribution >= 0.6 is 46.6 Å². The highest BCUT2D eigenvalue weighted by Crippen LogP contribution is 2.22. The highest BCUT2D eigenvalue weighted by atomic mass is 32.2. The number of nitrogens with one attached hydrogen (secondary N) is 2. The fourth-order valence-corrected chi connectivity index (χ4v) is 3.48. The van der Waals surface area contributed by atoms with Gasteiger partial charge in [-0.15, -0.1) is 22.7 Å². The molecule has 0 atom stereocenters. The van der Waals surface area contributed by atoms with Gasteiger partial charge in [0, 0.05) is 0 Å². The van der Waals surface area contributed by atoms with E-state index in [1.54, 1.807) is 46.6 Å². The Labute approximate surface area is 99.4 Å². The van der Waals surface area contributed by atoms with Gasteiger partial charge in [0.15, 0.2) is 0 Å². The third-order valence-electron chi connectivity index (χ3n) is 1.34. The van der Waals surface area contributed by atoms with E-state index >= 15 is 0 Å². The Hall–Kier alpha value is 0.0200. The zero-order valence-electron chi connectivity index (χ0n) is 7.10. The van der Waals surface area contributed by atoms with Gasteiger partial charge in [0.05, 0.1) is 8.42 Å². The summed E-state index contributed by atoms with van der Waals surface area (Å²) in [5.74, 6) is 0. The van der Waals surface area contributed by atoms with Gasteiger partial charge in [-0.25, -0.2) is 0 Å². The molecule has 2 heterocycles. The fourth-order valence-electron chi connectivity index (χ4n) is 0.785. The van der Waals surface area contributed by atoms with Crippen molar-refractivity contribution in [3.63, 3.8) is 0 Å². The van der Waals surface area contributed by atoms with Crippen molar-refractivity contribution in [2.24, 2.45) is 0 Å². The highest BCUT2D eigenvalue weighted by molar-refractivity contribution is 8.02. The minimum atomic E-state index is 1.25. The van der Waals surface area contributed by atoms with Crippen LogP contribution in [0.25, 0.3) is 0 Å². The van der Waals surface area contributed by atoms with Gasteiger partial charge in [-0.05, 0) is 46.8 Å². The Balaban J connectivity index is 1.65. The van der Waals surface area contributed by atoms with Gasteiger partial charge in [0.2, 0.25) is 0 Å². The topological polar surface area (TPSA) is 24.1 Å². The molecule has 0 fully saturated rings. The summed E-state index contributed by atoms with van der Waals surface area (Å²) in [6.07, 6.45) is 0. The van der Waals surface area contributed by atoms with E-state index in [2.05, 4.69) is 32.6 Å². The summed E-state index contributed by atoms with van der Waals surface area (Å²) in [4.78, 5) is 6.15. The molecule has 0 radical (unpaired) electrons. The monoisotopic (exact) mass is 260 g/mol. The maximum atomic E-state index is 3.07. The molecule has 2 aromatic heterocycles. The minimum Gasteiger partial charge on any atom is -0.186 e. The zero-order chi connectivity index (χ0) is 9.64. The average molecular weight is 260 g/mol. The average Bonchev–Trinajstić information content (AvgIpc) is 2.86. The summed E-state index contributed by atoms with van der Waals surface area (Å²) in [7, 11) is 0. The van der Waals surface area contributed by atoms with E-state index in [9.17, 15) is 0 Å². The Morgan fingerprint density at radius 3 is 1.71 bits per heavy atom. The van der Waals surface area contributed by atoms with Gasteiger partial charge in [-0.2, -0.15) is 9.66 Å². The zero-order valence-corrected chi connectivity index (χ0v) is 10.4. The van der Waals surface area contributed by atoms with Gasteiger partial charge < -0.3 is 0 Å². The molecule has 74 valence electrons. The molecule has 0 aliphatic rings. The van der Waals surface area contributed by atoms with Crippen LogP contribution in [-0.2, 0) is 0 Å². The van der Waals surface area contributed by atoms with E-state index < -0.39 is 0 Å². The summed E-state index contributed by atoms with van der Waals surface area (Å²) in [6, 6.07) is 8.25. The third kappa shape index (κ3) is 3.30. The lowest BCUT2D eigenvalue weighted by Gasteiger charge is -2.01. The Morgan fingerprint density at radius 1 is 0.857 bits per heavy atom. The molecule has 2 rings (SSSR count). The van der Waals surface area contributed by atoms with E-state index in [-0.39, 0.29) is 0 Å². The van der Waals surface area contributed by atoms with Crippen molar-refractivity contribution in [2.45, 2.75) is 8.42 Å². The van der Waals surface area contributed by atoms with Crippen LogP contribution in [-0.4, -0.2) is 0 Å². The molecule has 2 N–H and O–H groups in total. The quantitative estimate of drug-likeness (QED) is 0.487. The molecule has 6 heteroatoms. The van der Waals surface area contributed by atoms with E-state index in [0.717, 1.165) is 0 Å². The van der Waals surface area contributed by atoms with Crippen molar-refractivity contribution in [3.8, 4) is 0 Å². The Bertz CT molecular complexity index is 307. The number of hydrogen-bond donors (Lipinski definition) is 2. The minimum absolute atomic E-state index is 1.25. The lowest BCUT2D eigenvalue weighted by Crippen LogP contribution is -2.16. The molecule has 0 unspecified atom stereocenters. The van der Waals surface area contributed by atoms with Gasteiger partial charge >= 0.3 is 0 Å². The van der Waals surface area contributed by atoms with Crippen molar-refractivity contribution in [1.82, 2.24) is 9.66 Å². The van der Waals surface area contributed by atoms with Gasteiger partial charge in [-0.3, -0.25) is 0 Å². The largest absolute Gasteiger partial charge is 0.186 e. The second-order valence-electron chi connectivity index (χ2n) is 2.27. The first-order valence-corrected chi connectivity index (χ1v) is 7.25. The first kappa shape index (κ1) is 10.5. The lowest BCUT2D eigenvalue weighted by atomic mass is 10.7. The van der Waals surface area contributed by atoms with Crippen LogP contribution in [0.2, 0.25) is 0 Å². The molecule has 14 heavy (non-hydrogen) atoms. The number of hydrogen-bond acceptors (Lipinski definition) is 6. The van der Waals surface area contributed by atoms with Crippen molar-refractivity contribution in [1.29, 1.82) is 0 Å². The predicted molar refractivity (Wildman–Crippen MR) is 66.6 cm³/mol. The second kappa shape index (κ2) is 5.79. The molecule has 0 aromatic carbocycles. The third-order valence-corrected chi connectivity index (χ3v) is 4.95. The van der Waals surface area contributed by atoms with Crippen LogP contribution in [0.15, 0.2) is 43.4 Å². The molecular formula is C8H8N2S4. The Morgan fingerprint density at radius 2 is 1.36 bits per heavy atom. The summed E-state index contributed by atoms with van der Waals surface area (Å²) in [5, 5.41) is 4.13. The predicted octanol–water partition coefficient (Wildman–Crippen LogP) is 3.62. The van der Waals surface area contributed by atoms with Gasteiger partial charge in [0.25, 0.3) is 0 Å². The summed E-state index contributed by atoms with van der Waals surface area (Å²) in [5.41, 5.74) is 0. The first-order valence-electron chi connectivity index (χ1n) is 3.86. The molecule has 0 saturated carbocycles. The SMILES string of the molecule is c1csc(SNNSc2cccs2)c1. The van der Waals surface area contributed by atoms with E-state index in [0.29, 0.717) is 0 Å². The van der Waals surface area contributed by atoms with E-state index in [1.807, 2.05) is 12.1 Å². The summed E-state index contributed by atoms with van der Waals surface area (Å²) in [6.45, 7) is 0. The highest BCUT2D eigenvalue weighted by Gasteiger charge is 1.95. The Kier molecular flexibility index (Phi) is 4.36. The number of rotatable bonds is 5. The molecule has 0 spiro atoms. The van der Waals surface area contributed by atoms with Gasteiger partial charge in [-0.1, -0.05) is 12.1 Å². The molecule has 0 saturated heterocycles. The molecule has 2 nitrogen and oxygen atoms in total.